The molecule has 0 aromatic carbocycles. The lowest BCUT2D eigenvalue weighted by molar-refractivity contribution is -0.187. The molecule has 4 atom stereocenters. The third-order valence-corrected chi connectivity index (χ3v) is 4.57. The van der Waals surface area contributed by atoms with Crippen LogP contribution in [0.3, 0.4) is 0 Å². The zero-order valence-corrected chi connectivity index (χ0v) is 11.0. The molecule has 0 aromatic heterocycles. The predicted octanol–water partition coefficient (Wildman–Crippen LogP) is 2.90. The van der Waals surface area contributed by atoms with E-state index in [0.717, 1.165) is 6.42 Å². The average Bonchev–Trinajstić information content (AvgIpc) is 2.70. The fourth-order valence-electron chi connectivity index (χ4n) is 3.53. The summed E-state index contributed by atoms with van der Waals surface area (Å²) in [5, 5.41) is 9.25. The van der Waals surface area contributed by atoms with Gasteiger partial charge < -0.3 is 5.11 Å². The van der Waals surface area contributed by atoms with E-state index in [0.29, 0.717) is 19.4 Å². The maximum Gasteiger partial charge on any atom is 0.391 e. The Kier molecular flexibility index (Phi) is 4.08. The van der Waals surface area contributed by atoms with Crippen molar-refractivity contribution in [1.82, 2.24) is 4.90 Å². The summed E-state index contributed by atoms with van der Waals surface area (Å²) < 4.78 is 38.4. The van der Waals surface area contributed by atoms with Crippen molar-refractivity contribution in [3.8, 4) is 0 Å². The van der Waals surface area contributed by atoms with Crippen molar-refractivity contribution < 1.29 is 23.1 Å². The third-order valence-electron chi connectivity index (χ3n) is 4.57. The van der Waals surface area contributed by atoms with Gasteiger partial charge in [-0.2, -0.15) is 13.2 Å². The van der Waals surface area contributed by atoms with Crippen molar-refractivity contribution in [2.75, 3.05) is 6.54 Å². The van der Waals surface area contributed by atoms with Crippen LogP contribution in [0.2, 0.25) is 0 Å². The van der Waals surface area contributed by atoms with E-state index in [4.69, 9.17) is 0 Å². The number of rotatable bonds is 2. The van der Waals surface area contributed by atoms with Gasteiger partial charge in [-0.05, 0) is 38.1 Å². The normalized spacial score (nSPS) is 37.5. The lowest BCUT2D eigenvalue weighted by atomic mass is 9.84. The lowest BCUT2D eigenvalue weighted by Crippen LogP contribution is -2.48. The first kappa shape index (κ1) is 14.6. The molecule has 1 saturated heterocycles. The molecule has 1 aliphatic heterocycles. The number of hydrogen-bond acceptors (Lipinski definition) is 2. The number of halogens is 3. The predicted molar refractivity (Wildman–Crippen MR) is 63.7 cm³/mol. The van der Waals surface area contributed by atoms with E-state index in [1.165, 1.54) is 0 Å². The molecule has 0 bridgehead atoms. The number of carboxylic acids is 1. The van der Waals surface area contributed by atoms with Crippen molar-refractivity contribution in [3.63, 3.8) is 0 Å². The van der Waals surface area contributed by atoms with Crippen molar-refractivity contribution in [2.45, 2.75) is 57.3 Å². The molecule has 0 radical (unpaired) electrons. The number of aliphatic carboxylic acids is 1. The van der Waals surface area contributed by atoms with E-state index in [2.05, 4.69) is 0 Å². The van der Waals surface area contributed by atoms with Crippen LogP contribution >= 0.6 is 0 Å². The molecule has 4 unspecified atom stereocenters. The van der Waals surface area contributed by atoms with Gasteiger partial charge in [0.15, 0.2) is 0 Å². The molecule has 1 aliphatic carbocycles. The van der Waals surface area contributed by atoms with E-state index in [1.807, 2.05) is 6.92 Å². The van der Waals surface area contributed by atoms with E-state index in [9.17, 15) is 23.1 Å². The minimum atomic E-state index is -4.15. The second-order valence-corrected chi connectivity index (χ2v) is 5.85. The lowest BCUT2D eigenvalue weighted by Gasteiger charge is -2.38. The van der Waals surface area contributed by atoms with E-state index >= 15 is 0 Å². The highest BCUT2D eigenvalue weighted by atomic mass is 19.4. The Labute approximate surface area is 110 Å². The van der Waals surface area contributed by atoms with Crippen molar-refractivity contribution in [3.05, 3.63) is 0 Å². The van der Waals surface area contributed by atoms with E-state index in [1.54, 1.807) is 4.90 Å². The summed E-state index contributed by atoms with van der Waals surface area (Å²) in [5.74, 6) is -2.15. The minimum Gasteiger partial charge on any atom is -0.480 e. The van der Waals surface area contributed by atoms with Gasteiger partial charge in [0.25, 0.3) is 0 Å². The van der Waals surface area contributed by atoms with Crippen LogP contribution in [0.25, 0.3) is 0 Å². The summed E-state index contributed by atoms with van der Waals surface area (Å²) in [4.78, 5) is 13.1. The first-order valence-corrected chi connectivity index (χ1v) is 6.86. The molecular weight excluding hydrogens is 259 g/mol. The Morgan fingerprint density at radius 3 is 2.53 bits per heavy atom. The van der Waals surface area contributed by atoms with Gasteiger partial charge in [-0.3, -0.25) is 9.69 Å². The zero-order chi connectivity index (χ0) is 14.2. The van der Waals surface area contributed by atoms with Crippen LogP contribution in [-0.4, -0.2) is 40.8 Å². The molecule has 0 amide bonds. The number of nitrogens with zero attached hydrogens (tertiary/aromatic N) is 1. The number of alkyl halides is 3. The van der Waals surface area contributed by atoms with E-state index in [-0.39, 0.29) is 24.8 Å². The van der Waals surface area contributed by atoms with Crippen molar-refractivity contribution >= 4 is 5.97 Å². The SMILES string of the molecule is CC1CCN(C2CCCC(C(F)(F)F)C2)C1C(=O)O. The maximum atomic E-state index is 12.8. The van der Waals surface area contributed by atoms with Crippen LogP contribution in [-0.2, 0) is 4.79 Å². The van der Waals surface area contributed by atoms with Crippen molar-refractivity contribution in [1.29, 1.82) is 0 Å². The number of likely N-dealkylation sites (tertiary alicyclic amines) is 1. The van der Waals surface area contributed by atoms with Gasteiger partial charge in [0, 0.05) is 6.04 Å². The zero-order valence-electron chi connectivity index (χ0n) is 11.0. The Balaban J connectivity index is 2.07. The first-order chi connectivity index (χ1) is 8.80. The summed E-state index contributed by atoms with van der Waals surface area (Å²) in [5.41, 5.74) is 0. The molecule has 6 heteroatoms. The summed E-state index contributed by atoms with van der Waals surface area (Å²) >= 11 is 0. The molecule has 3 nitrogen and oxygen atoms in total. The standard InChI is InChI=1S/C13H20F3NO2/c1-8-5-6-17(11(8)12(18)19)10-4-2-3-9(7-10)13(14,15)16/h8-11H,2-7H2,1H3,(H,18,19). The van der Waals surface area contributed by atoms with Gasteiger partial charge in [-0.15, -0.1) is 0 Å². The van der Waals surface area contributed by atoms with Gasteiger partial charge in [0.2, 0.25) is 0 Å². The topological polar surface area (TPSA) is 40.5 Å². The molecule has 2 rings (SSSR count). The van der Waals surface area contributed by atoms with E-state index < -0.39 is 24.1 Å². The fraction of sp³-hybridized carbons (Fsp3) is 0.923. The Hall–Kier alpha value is -0.780. The van der Waals surface area contributed by atoms with Crippen LogP contribution < -0.4 is 0 Å². The Morgan fingerprint density at radius 2 is 1.95 bits per heavy atom. The van der Waals surface area contributed by atoms with Crippen LogP contribution in [0.1, 0.15) is 39.0 Å². The second-order valence-electron chi connectivity index (χ2n) is 5.85. The average molecular weight is 279 g/mol. The smallest absolute Gasteiger partial charge is 0.391 e. The van der Waals surface area contributed by atoms with Gasteiger partial charge in [0.05, 0.1) is 5.92 Å². The Morgan fingerprint density at radius 1 is 1.26 bits per heavy atom. The second kappa shape index (κ2) is 5.31. The monoisotopic (exact) mass is 279 g/mol. The van der Waals surface area contributed by atoms with Crippen LogP contribution in [0.5, 0.6) is 0 Å². The number of carboxylic acid groups (broad SMARTS) is 1. The molecule has 0 aromatic rings. The summed E-state index contributed by atoms with van der Waals surface area (Å²) in [6.07, 6.45) is -1.94. The van der Waals surface area contributed by atoms with Gasteiger partial charge in [0.1, 0.15) is 6.04 Å². The minimum absolute atomic E-state index is 0.0174. The molecular formula is C13H20F3NO2. The number of hydrogen-bond donors (Lipinski definition) is 1. The first-order valence-electron chi connectivity index (χ1n) is 6.86. The molecule has 0 spiro atoms. The largest absolute Gasteiger partial charge is 0.480 e. The highest BCUT2D eigenvalue weighted by Crippen LogP contribution is 2.41. The van der Waals surface area contributed by atoms with Crippen LogP contribution in [0, 0.1) is 11.8 Å². The Bertz CT molecular complexity index is 345. The van der Waals surface area contributed by atoms with Crippen molar-refractivity contribution in [2.24, 2.45) is 11.8 Å². The van der Waals surface area contributed by atoms with Crippen LogP contribution in [0.4, 0.5) is 13.2 Å². The van der Waals surface area contributed by atoms with Gasteiger partial charge >= 0.3 is 12.1 Å². The summed E-state index contributed by atoms with van der Waals surface area (Å²) in [6.45, 7) is 2.47. The summed E-state index contributed by atoms with van der Waals surface area (Å²) in [6, 6.07) is -0.844. The van der Waals surface area contributed by atoms with Gasteiger partial charge in [-0.25, -0.2) is 0 Å². The number of carbonyl (C=O) groups is 1. The maximum absolute atomic E-state index is 12.8. The molecule has 2 fully saturated rings. The molecule has 19 heavy (non-hydrogen) atoms. The molecule has 1 saturated carbocycles. The highest BCUT2D eigenvalue weighted by molar-refractivity contribution is 5.74. The molecule has 1 N–H and O–H groups in total. The van der Waals surface area contributed by atoms with Gasteiger partial charge in [-0.1, -0.05) is 13.3 Å². The quantitative estimate of drug-likeness (QED) is 0.845. The summed E-state index contributed by atoms with van der Waals surface area (Å²) in [7, 11) is 0. The fourth-order valence-corrected chi connectivity index (χ4v) is 3.53. The highest BCUT2D eigenvalue weighted by Gasteiger charge is 2.46. The molecule has 110 valence electrons. The molecule has 2 aliphatic rings. The molecule has 1 heterocycles. The van der Waals surface area contributed by atoms with Crippen LogP contribution in [0.15, 0.2) is 0 Å². The third kappa shape index (κ3) is 3.04.